The van der Waals surface area contributed by atoms with Crippen molar-refractivity contribution in [1.82, 2.24) is 29.4 Å². The van der Waals surface area contributed by atoms with Crippen molar-refractivity contribution in [3.8, 4) is 12.0 Å². The summed E-state index contributed by atoms with van der Waals surface area (Å²) in [5.41, 5.74) is 1.86. The number of aromatic amines is 1. The molecular formula is C23H28N8O2. The highest BCUT2D eigenvalue weighted by molar-refractivity contribution is 5.93. The average molecular weight is 449 g/mol. The summed E-state index contributed by atoms with van der Waals surface area (Å²) in [7, 11) is 0. The number of piperazine rings is 1. The summed E-state index contributed by atoms with van der Waals surface area (Å²) < 4.78 is 7.48. The minimum Gasteiger partial charge on any atom is -0.444 e. The number of rotatable bonds is 3. The SMILES string of the molecule is CC1CN(C(=O)OC(C)(C)C)CCN1c1ncnc2c1c(C1CC1)cn2-c1ncc(C#N)[nH]1. The van der Waals surface area contributed by atoms with Crippen LogP contribution in [-0.2, 0) is 4.74 Å². The second kappa shape index (κ2) is 7.76. The van der Waals surface area contributed by atoms with Crippen LogP contribution in [0.5, 0.6) is 0 Å². The van der Waals surface area contributed by atoms with Crippen molar-refractivity contribution < 1.29 is 9.53 Å². The Morgan fingerprint density at radius 2 is 2.03 bits per heavy atom. The second-order valence-electron chi connectivity index (χ2n) is 9.83. The van der Waals surface area contributed by atoms with Gasteiger partial charge in [-0.15, -0.1) is 0 Å². The maximum Gasteiger partial charge on any atom is 0.410 e. The number of nitrogens with one attached hydrogen (secondary N) is 1. The molecule has 172 valence electrons. The Bertz CT molecular complexity index is 1240. The van der Waals surface area contributed by atoms with Crippen molar-refractivity contribution in [2.75, 3.05) is 24.5 Å². The number of carbonyl (C=O) groups is 1. The molecule has 2 fully saturated rings. The zero-order valence-electron chi connectivity index (χ0n) is 19.4. The molecule has 1 saturated heterocycles. The summed E-state index contributed by atoms with van der Waals surface area (Å²) in [4.78, 5) is 33.3. The van der Waals surface area contributed by atoms with Gasteiger partial charge in [-0.2, -0.15) is 5.26 Å². The smallest absolute Gasteiger partial charge is 0.410 e. The minimum atomic E-state index is -0.518. The number of imidazole rings is 1. The van der Waals surface area contributed by atoms with Crippen LogP contribution < -0.4 is 4.90 Å². The molecule has 1 aliphatic heterocycles. The summed E-state index contributed by atoms with van der Waals surface area (Å²) in [6, 6.07) is 2.15. The molecule has 0 bridgehead atoms. The van der Waals surface area contributed by atoms with Gasteiger partial charge in [0, 0.05) is 31.9 Å². The number of anilines is 1. The lowest BCUT2D eigenvalue weighted by Gasteiger charge is -2.41. The van der Waals surface area contributed by atoms with Crippen molar-refractivity contribution in [2.24, 2.45) is 0 Å². The van der Waals surface area contributed by atoms with E-state index in [-0.39, 0.29) is 12.1 Å². The molecule has 4 heterocycles. The van der Waals surface area contributed by atoms with Gasteiger partial charge < -0.3 is 19.5 Å². The molecule has 1 aliphatic carbocycles. The van der Waals surface area contributed by atoms with Gasteiger partial charge in [-0.25, -0.2) is 19.7 Å². The lowest BCUT2D eigenvalue weighted by molar-refractivity contribution is 0.0218. The minimum absolute atomic E-state index is 0.0635. The highest BCUT2D eigenvalue weighted by Crippen LogP contribution is 2.46. The molecule has 1 amide bonds. The number of fused-ring (bicyclic) bond motifs is 1. The lowest BCUT2D eigenvalue weighted by atomic mass is 10.1. The largest absolute Gasteiger partial charge is 0.444 e. The first-order chi connectivity index (χ1) is 15.7. The first-order valence-electron chi connectivity index (χ1n) is 11.3. The van der Waals surface area contributed by atoms with Crippen LogP contribution >= 0.6 is 0 Å². The second-order valence-corrected chi connectivity index (χ2v) is 9.83. The molecule has 0 spiro atoms. The number of hydrogen-bond donors (Lipinski definition) is 1. The summed E-state index contributed by atoms with van der Waals surface area (Å²) >= 11 is 0. The van der Waals surface area contributed by atoms with E-state index in [2.05, 4.69) is 39.0 Å². The van der Waals surface area contributed by atoms with E-state index in [9.17, 15) is 10.1 Å². The van der Waals surface area contributed by atoms with E-state index in [0.29, 0.717) is 37.2 Å². The number of H-pyrrole nitrogens is 1. The van der Waals surface area contributed by atoms with Gasteiger partial charge in [0.1, 0.15) is 29.5 Å². The maximum absolute atomic E-state index is 12.6. The zero-order valence-corrected chi connectivity index (χ0v) is 19.4. The molecule has 0 radical (unpaired) electrons. The van der Waals surface area contributed by atoms with Gasteiger partial charge >= 0.3 is 6.09 Å². The first kappa shape index (κ1) is 21.2. The van der Waals surface area contributed by atoms with Gasteiger partial charge in [-0.1, -0.05) is 0 Å². The maximum atomic E-state index is 12.6. The van der Waals surface area contributed by atoms with Gasteiger partial charge in [-0.05, 0) is 52.0 Å². The van der Waals surface area contributed by atoms with Gasteiger partial charge in [0.25, 0.3) is 0 Å². The third-order valence-corrected chi connectivity index (χ3v) is 6.07. The molecule has 1 saturated carbocycles. The molecule has 5 rings (SSSR count). The summed E-state index contributed by atoms with van der Waals surface area (Å²) in [6.07, 6.45) is 7.16. The standard InChI is InChI=1S/C23H28N8O2/c1-14-11-29(22(32)33-23(2,3)4)7-8-30(14)19-18-17(15-5-6-15)12-31(20(18)27-13-26-19)21-25-10-16(9-24)28-21/h10,12-15H,5-8,11H2,1-4H3,(H,25,28). The van der Waals surface area contributed by atoms with Crippen molar-refractivity contribution in [3.63, 3.8) is 0 Å². The Kier molecular flexibility index (Phi) is 5.00. The molecule has 2 aliphatic rings. The Hall–Kier alpha value is -3.61. The number of hydrogen-bond acceptors (Lipinski definition) is 7. The average Bonchev–Trinajstić information content (AvgIpc) is 3.36. The van der Waals surface area contributed by atoms with Crippen LogP contribution in [0, 0.1) is 11.3 Å². The van der Waals surface area contributed by atoms with Crippen LogP contribution in [0.3, 0.4) is 0 Å². The Morgan fingerprint density at radius 3 is 2.67 bits per heavy atom. The van der Waals surface area contributed by atoms with E-state index in [1.807, 2.05) is 25.3 Å². The molecule has 3 aromatic heterocycles. The molecule has 10 nitrogen and oxygen atoms in total. The molecule has 0 aromatic carbocycles. The predicted molar refractivity (Wildman–Crippen MR) is 122 cm³/mol. The number of aromatic nitrogens is 5. The van der Waals surface area contributed by atoms with E-state index < -0.39 is 5.60 Å². The monoisotopic (exact) mass is 448 g/mol. The highest BCUT2D eigenvalue weighted by Gasteiger charge is 2.35. The molecule has 1 unspecified atom stereocenters. The van der Waals surface area contributed by atoms with Crippen LogP contribution in [0.4, 0.5) is 10.6 Å². The van der Waals surface area contributed by atoms with Crippen LogP contribution in [-0.4, -0.2) is 66.8 Å². The number of carbonyl (C=O) groups excluding carboxylic acids is 1. The van der Waals surface area contributed by atoms with Crippen LogP contribution in [0.25, 0.3) is 17.0 Å². The summed E-state index contributed by atoms with van der Waals surface area (Å²) in [6.45, 7) is 9.52. The van der Waals surface area contributed by atoms with E-state index in [0.717, 1.165) is 29.7 Å². The van der Waals surface area contributed by atoms with Crippen molar-refractivity contribution in [1.29, 1.82) is 5.26 Å². The first-order valence-corrected chi connectivity index (χ1v) is 11.3. The molecule has 1 N–H and O–H groups in total. The molecular weight excluding hydrogens is 420 g/mol. The summed E-state index contributed by atoms with van der Waals surface area (Å²) in [5, 5.41) is 10.2. The third kappa shape index (κ3) is 3.99. The van der Waals surface area contributed by atoms with E-state index in [1.165, 1.54) is 11.8 Å². The van der Waals surface area contributed by atoms with E-state index >= 15 is 0 Å². The lowest BCUT2D eigenvalue weighted by Crippen LogP contribution is -2.54. The quantitative estimate of drug-likeness (QED) is 0.653. The van der Waals surface area contributed by atoms with Crippen LogP contribution in [0.1, 0.15) is 57.7 Å². The molecule has 33 heavy (non-hydrogen) atoms. The van der Waals surface area contributed by atoms with Crippen molar-refractivity contribution in [3.05, 3.63) is 30.0 Å². The van der Waals surface area contributed by atoms with E-state index in [4.69, 9.17) is 9.72 Å². The van der Waals surface area contributed by atoms with Crippen LogP contribution in [0.15, 0.2) is 18.7 Å². The fraction of sp³-hybridized carbons (Fsp3) is 0.522. The summed E-state index contributed by atoms with van der Waals surface area (Å²) in [5.74, 6) is 1.92. The van der Waals surface area contributed by atoms with Crippen molar-refractivity contribution in [2.45, 2.75) is 58.1 Å². The van der Waals surface area contributed by atoms with Gasteiger partial charge in [0.05, 0.1) is 11.6 Å². The third-order valence-electron chi connectivity index (χ3n) is 6.07. The van der Waals surface area contributed by atoms with Gasteiger partial charge in [-0.3, -0.25) is 4.57 Å². The van der Waals surface area contributed by atoms with Gasteiger partial charge in [0.2, 0.25) is 5.95 Å². The zero-order chi connectivity index (χ0) is 23.3. The Labute approximate surface area is 192 Å². The Morgan fingerprint density at radius 1 is 1.24 bits per heavy atom. The Balaban J connectivity index is 1.49. The normalized spacial score (nSPS) is 19.1. The number of nitrogens with zero attached hydrogens (tertiary/aromatic N) is 7. The number of amides is 1. The van der Waals surface area contributed by atoms with Gasteiger partial charge in [0.15, 0.2) is 5.65 Å². The number of ether oxygens (including phenoxy) is 1. The van der Waals surface area contributed by atoms with Crippen LogP contribution in [0.2, 0.25) is 0 Å². The molecule has 3 aromatic rings. The number of nitriles is 1. The molecule has 10 heteroatoms. The van der Waals surface area contributed by atoms with Crippen molar-refractivity contribution >= 4 is 22.9 Å². The predicted octanol–water partition coefficient (Wildman–Crippen LogP) is 3.34. The fourth-order valence-corrected chi connectivity index (χ4v) is 4.41. The topological polar surface area (TPSA) is 116 Å². The van der Waals surface area contributed by atoms with E-state index in [1.54, 1.807) is 11.2 Å². The molecule has 1 atom stereocenters. The fourth-order valence-electron chi connectivity index (χ4n) is 4.41. The highest BCUT2D eigenvalue weighted by atomic mass is 16.6.